The molecule has 1 aliphatic heterocycles. The first-order valence-electron chi connectivity index (χ1n) is 9.92. The Balaban J connectivity index is 1.43. The molecule has 0 atom stereocenters. The molecular weight excluding hydrogens is 364 g/mol. The van der Waals surface area contributed by atoms with Crippen LogP contribution in [0.4, 0.5) is 17.5 Å². The van der Waals surface area contributed by atoms with Crippen LogP contribution in [0.25, 0.3) is 0 Å². The lowest BCUT2D eigenvalue weighted by Gasteiger charge is -2.29. The highest BCUT2D eigenvalue weighted by Crippen LogP contribution is 2.31. The number of fused-ring (bicyclic) bond motifs is 1. The van der Waals surface area contributed by atoms with Gasteiger partial charge in [-0.25, -0.2) is 4.98 Å². The van der Waals surface area contributed by atoms with Crippen LogP contribution in [0.1, 0.15) is 17.5 Å². The van der Waals surface area contributed by atoms with Crippen molar-refractivity contribution >= 4 is 17.5 Å². The standard InChI is InChI=1S/C23H26N4O2/c1-28-20-10-9-17(16-21(20)29-2)11-13-24-22-12-14-25-23(26-22)27-15-5-7-18-6-3-4-8-19(18)27/h3-4,6,8-10,12,14,16H,5,7,11,13,15H2,1-2H3,(H,24,25,26). The van der Waals surface area contributed by atoms with E-state index in [2.05, 4.69) is 45.5 Å². The summed E-state index contributed by atoms with van der Waals surface area (Å²) in [6, 6.07) is 16.4. The minimum absolute atomic E-state index is 0.742. The van der Waals surface area contributed by atoms with Crippen LogP contribution >= 0.6 is 0 Å². The third kappa shape index (κ3) is 4.26. The van der Waals surface area contributed by atoms with Crippen LogP contribution in [0.5, 0.6) is 11.5 Å². The Bertz CT molecular complexity index is 977. The van der Waals surface area contributed by atoms with E-state index in [1.807, 2.05) is 24.4 Å². The maximum absolute atomic E-state index is 5.38. The molecule has 0 saturated carbocycles. The molecule has 6 nitrogen and oxygen atoms in total. The van der Waals surface area contributed by atoms with E-state index in [-0.39, 0.29) is 0 Å². The second-order valence-electron chi connectivity index (χ2n) is 6.99. The smallest absolute Gasteiger partial charge is 0.231 e. The summed E-state index contributed by atoms with van der Waals surface area (Å²) in [5, 5.41) is 3.41. The summed E-state index contributed by atoms with van der Waals surface area (Å²) >= 11 is 0. The highest BCUT2D eigenvalue weighted by molar-refractivity contribution is 5.64. The first-order valence-corrected chi connectivity index (χ1v) is 9.92. The first kappa shape index (κ1) is 19.1. The topological polar surface area (TPSA) is 59.5 Å². The van der Waals surface area contributed by atoms with Gasteiger partial charge >= 0.3 is 0 Å². The average molecular weight is 390 g/mol. The molecule has 4 rings (SSSR count). The Labute approximate surface area is 171 Å². The maximum Gasteiger partial charge on any atom is 0.231 e. The Morgan fingerprint density at radius 3 is 2.76 bits per heavy atom. The van der Waals surface area contributed by atoms with Crippen LogP contribution in [-0.2, 0) is 12.8 Å². The van der Waals surface area contributed by atoms with Gasteiger partial charge in [-0.1, -0.05) is 24.3 Å². The highest BCUT2D eigenvalue weighted by Gasteiger charge is 2.19. The number of ether oxygens (including phenoxy) is 2. The normalized spacial score (nSPS) is 13.0. The van der Waals surface area contributed by atoms with Gasteiger partial charge in [0.2, 0.25) is 5.95 Å². The summed E-state index contributed by atoms with van der Waals surface area (Å²) in [6.07, 6.45) is 4.89. The van der Waals surface area contributed by atoms with E-state index in [0.29, 0.717) is 0 Å². The van der Waals surface area contributed by atoms with Gasteiger partial charge in [-0.15, -0.1) is 0 Å². The van der Waals surface area contributed by atoms with Crippen molar-refractivity contribution in [3.63, 3.8) is 0 Å². The van der Waals surface area contributed by atoms with E-state index in [0.717, 1.165) is 55.6 Å². The Kier molecular flexibility index (Phi) is 5.79. The number of aryl methyl sites for hydroxylation is 1. The number of benzene rings is 2. The molecular formula is C23H26N4O2. The largest absolute Gasteiger partial charge is 0.493 e. The fourth-order valence-electron chi connectivity index (χ4n) is 3.69. The number of aromatic nitrogens is 2. The van der Waals surface area contributed by atoms with Gasteiger partial charge in [-0.05, 0) is 54.7 Å². The van der Waals surface area contributed by atoms with Crippen LogP contribution in [0.15, 0.2) is 54.7 Å². The average Bonchev–Trinajstić information content (AvgIpc) is 2.78. The van der Waals surface area contributed by atoms with Gasteiger partial charge in [0.15, 0.2) is 11.5 Å². The summed E-state index contributed by atoms with van der Waals surface area (Å²) in [5.74, 6) is 3.07. The van der Waals surface area contributed by atoms with E-state index in [1.165, 1.54) is 16.8 Å². The molecule has 0 amide bonds. The van der Waals surface area contributed by atoms with Gasteiger partial charge in [-0.2, -0.15) is 4.98 Å². The van der Waals surface area contributed by atoms with E-state index in [1.54, 1.807) is 14.2 Å². The van der Waals surface area contributed by atoms with Crippen LogP contribution in [0.2, 0.25) is 0 Å². The van der Waals surface area contributed by atoms with Gasteiger partial charge < -0.3 is 19.7 Å². The summed E-state index contributed by atoms with van der Waals surface area (Å²) in [7, 11) is 3.30. The molecule has 1 N–H and O–H groups in total. The molecule has 3 aromatic rings. The number of anilines is 3. The zero-order valence-corrected chi connectivity index (χ0v) is 16.9. The number of nitrogens with zero attached hydrogens (tertiary/aromatic N) is 3. The molecule has 2 heterocycles. The maximum atomic E-state index is 5.38. The molecule has 150 valence electrons. The molecule has 2 aromatic carbocycles. The minimum Gasteiger partial charge on any atom is -0.493 e. The van der Waals surface area contributed by atoms with Crippen LogP contribution < -0.4 is 19.7 Å². The fraction of sp³-hybridized carbons (Fsp3) is 0.304. The van der Waals surface area contributed by atoms with Crippen molar-refractivity contribution in [2.75, 3.05) is 37.5 Å². The van der Waals surface area contributed by atoms with Crippen molar-refractivity contribution in [1.29, 1.82) is 0 Å². The molecule has 1 aromatic heterocycles. The predicted molar refractivity (Wildman–Crippen MR) is 116 cm³/mol. The molecule has 0 bridgehead atoms. The van der Waals surface area contributed by atoms with Gasteiger partial charge in [0, 0.05) is 25.0 Å². The van der Waals surface area contributed by atoms with E-state index in [9.17, 15) is 0 Å². The van der Waals surface area contributed by atoms with Gasteiger partial charge in [0.05, 0.1) is 14.2 Å². The second kappa shape index (κ2) is 8.82. The molecule has 0 radical (unpaired) electrons. The van der Waals surface area contributed by atoms with Crippen molar-refractivity contribution in [1.82, 2.24) is 9.97 Å². The quantitative estimate of drug-likeness (QED) is 0.651. The Morgan fingerprint density at radius 1 is 1.03 bits per heavy atom. The minimum atomic E-state index is 0.742. The lowest BCUT2D eigenvalue weighted by atomic mass is 10.0. The van der Waals surface area contributed by atoms with E-state index in [4.69, 9.17) is 14.5 Å². The van der Waals surface area contributed by atoms with Gasteiger partial charge in [0.1, 0.15) is 5.82 Å². The summed E-state index contributed by atoms with van der Waals surface area (Å²) < 4.78 is 10.7. The predicted octanol–water partition coefficient (Wildman–Crippen LogP) is 4.23. The van der Waals surface area contributed by atoms with Crippen LogP contribution in [0, 0.1) is 0 Å². The summed E-state index contributed by atoms with van der Waals surface area (Å²) in [6.45, 7) is 1.70. The molecule has 6 heteroatoms. The zero-order valence-electron chi connectivity index (χ0n) is 16.9. The van der Waals surface area contributed by atoms with E-state index < -0.39 is 0 Å². The van der Waals surface area contributed by atoms with Crippen molar-refractivity contribution in [3.05, 3.63) is 65.9 Å². The number of methoxy groups -OCH3 is 2. The first-order chi connectivity index (χ1) is 14.3. The highest BCUT2D eigenvalue weighted by atomic mass is 16.5. The number of nitrogens with one attached hydrogen (secondary N) is 1. The molecule has 0 unspecified atom stereocenters. The van der Waals surface area contributed by atoms with Gasteiger partial charge in [-0.3, -0.25) is 0 Å². The molecule has 0 saturated heterocycles. The van der Waals surface area contributed by atoms with E-state index >= 15 is 0 Å². The van der Waals surface area contributed by atoms with Crippen molar-refractivity contribution in [2.24, 2.45) is 0 Å². The summed E-state index contributed by atoms with van der Waals surface area (Å²) in [5.41, 5.74) is 3.74. The monoisotopic (exact) mass is 390 g/mol. The van der Waals surface area contributed by atoms with Crippen molar-refractivity contribution in [3.8, 4) is 11.5 Å². The number of para-hydroxylation sites is 1. The SMILES string of the molecule is COc1ccc(CCNc2ccnc(N3CCCc4ccccc43)n2)cc1OC. The number of hydrogen-bond acceptors (Lipinski definition) is 6. The molecule has 29 heavy (non-hydrogen) atoms. The van der Waals surface area contributed by atoms with Crippen molar-refractivity contribution in [2.45, 2.75) is 19.3 Å². The lowest BCUT2D eigenvalue weighted by Crippen LogP contribution is -2.26. The van der Waals surface area contributed by atoms with Crippen LogP contribution in [0.3, 0.4) is 0 Å². The molecule has 1 aliphatic rings. The van der Waals surface area contributed by atoms with Crippen molar-refractivity contribution < 1.29 is 9.47 Å². The Hall–Kier alpha value is -3.28. The molecule has 0 fully saturated rings. The molecule has 0 aliphatic carbocycles. The fourth-order valence-corrected chi connectivity index (χ4v) is 3.69. The third-order valence-electron chi connectivity index (χ3n) is 5.16. The second-order valence-corrected chi connectivity index (χ2v) is 6.99. The zero-order chi connectivity index (χ0) is 20.1. The van der Waals surface area contributed by atoms with Gasteiger partial charge in [0.25, 0.3) is 0 Å². The molecule has 0 spiro atoms. The number of rotatable bonds is 7. The Morgan fingerprint density at radius 2 is 1.90 bits per heavy atom. The third-order valence-corrected chi connectivity index (χ3v) is 5.16. The van der Waals surface area contributed by atoms with Crippen LogP contribution in [-0.4, -0.2) is 37.3 Å². The number of hydrogen-bond donors (Lipinski definition) is 1. The summed E-state index contributed by atoms with van der Waals surface area (Å²) in [4.78, 5) is 11.5. The lowest BCUT2D eigenvalue weighted by molar-refractivity contribution is 0.354.